The van der Waals surface area contributed by atoms with E-state index in [0.717, 1.165) is 12.0 Å². The predicted molar refractivity (Wildman–Crippen MR) is 79.2 cm³/mol. The summed E-state index contributed by atoms with van der Waals surface area (Å²) in [4.78, 5) is 0. The molecule has 0 aliphatic rings. The molecule has 0 amide bonds. The molecule has 0 heterocycles. The largest absolute Gasteiger partial charge is 0.395 e. The molecular formula is C15H23ClO4. The Balaban J connectivity index is 2.58. The highest BCUT2D eigenvalue weighted by molar-refractivity contribution is 6.30. The Labute approximate surface area is 125 Å². The lowest BCUT2D eigenvalue weighted by Gasteiger charge is -2.30. The first-order valence-corrected chi connectivity index (χ1v) is 7.11. The number of benzene rings is 1. The van der Waals surface area contributed by atoms with Gasteiger partial charge in [-0.15, -0.1) is 0 Å². The van der Waals surface area contributed by atoms with E-state index < -0.39 is 5.41 Å². The van der Waals surface area contributed by atoms with Crippen LogP contribution in [0.5, 0.6) is 0 Å². The second kappa shape index (κ2) is 9.32. The van der Waals surface area contributed by atoms with E-state index in [9.17, 15) is 10.2 Å². The summed E-state index contributed by atoms with van der Waals surface area (Å²) in [5, 5.41) is 20.0. The molecular weight excluding hydrogens is 280 g/mol. The number of hydrogen-bond acceptors (Lipinski definition) is 4. The molecule has 0 saturated heterocycles. The summed E-state index contributed by atoms with van der Waals surface area (Å²) in [5.74, 6) is 0. The SMILES string of the molecule is COCCCOCCC(CO)(CO)c1cccc(Cl)c1. The molecule has 0 aromatic heterocycles. The number of aliphatic hydroxyl groups excluding tert-OH is 2. The van der Waals surface area contributed by atoms with E-state index in [1.165, 1.54) is 0 Å². The lowest BCUT2D eigenvalue weighted by atomic mass is 9.79. The summed E-state index contributed by atoms with van der Waals surface area (Å²) in [6, 6.07) is 7.23. The molecule has 2 N–H and O–H groups in total. The molecule has 5 heteroatoms. The van der Waals surface area contributed by atoms with E-state index in [0.29, 0.717) is 31.3 Å². The van der Waals surface area contributed by atoms with Crippen molar-refractivity contribution in [3.63, 3.8) is 0 Å². The van der Waals surface area contributed by atoms with Crippen molar-refractivity contribution in [2.45, 2.75) is 18.3 Å². The number of hydrogen-bond donors (Lipinski definition) is 2. The molecule has 0 unspecified atom stereocenters. The summed E-state index contributed by atoms with van der Waals surface area (Å²) in [6.07, 6.45) is 1.37. The summed E-state index contributed by atoms with van der Waals surface area (Å²) < 4.78 is 10.5. The fraction of sp³-hybridized carbons (Fsp3) is 0.600. The van der Waals surface area contributed by atoms with Crippen LogP contribution in [0.15, 0.2) is 24.3 Å². The molecule has 0 saturated carbocycles. The van der Waals surface area contributed by atoms with Crippen LogP contribution in [-0.2, 0) is 14.9 Å². The van der Waals surface area contributed by atoms with Crippen LogP contribution in [0.4, 0.5) is 0 Å². The lowest BCUT2D eigenvalue weighted by Crippen LogP contribution is -2.36. The van der Waals surface area contributed by atoms with Gasteiger partial charge in [0.05, 0.1) is 13.2 Å². The van der Waals surface area contributed by atoms with Crippen molar-refractivity contribution >= 4 is 11.6 Å². The quantitative estimate of drug-likeness (QED) is 0.649. The van der Waals surface area contributed by atoms with Gasteiger partial charge in [0.15, 0.2) is 0 Å². The molecule has 0 aliphatic carbocycles. The third kappa shape index (κ3) is 5.04. The van der Waals surface area contributed by atoms with Gasteiger partial charge in [0.1, 0.15) is 0 Å². The molecule has 0 spiro atoms. The second-order valence-electron chi connectivity index (χ2n) is 4.82. The molecule has 0 bridgehead atoms. The number of ether oxygens (including phenoxy) is 2. The van der Waals surface area contributed by atoms with Crippen molar-refractivity contribution in [2.24, 2.45) is 0 Å². The molecule has 0 atom stereocenters. The van der Waals surface area contributed by atoms with Crippen molar-refractivity contribution in [2.75, 3.05) is 40.1 Å². The normalized spacial score (nSPS) is 11.8. The Morgan fingerprint density at radius 2 is 1.90 bits per heavy atom. The third-order valence-corrected chi connectivity index (χ3v) is 3.64. The highest BCUT2D eigenvalue weighted by atomic mass is 35.5. The van der Waals surface area contributed by atoms with E-state index >= 15 is 0 Å². The smallest absolute Gasteiger partial charge is 0.0550 e. The van der Waals surface area contributed by atoms with Crippen LogP contribution in [0.1, 0.15) is 18.4 Å². The van der Waals surface area contributed by atoms with Gasteiger partial charge in [-0.2, -0.15) is 0 Å². The Morgan fingerprint density at radius 3 is 2.50 bits per heavy atom. The van der Waals surface area contributed by atoms with Crippen LogP contribution in [0.2, 0.25) is 5.02 Å². The van der Waals surface area contributed by atoms with Crippen LogP contribution in [0.3, 0.4) is 0 Å². The van der Waals surface area contributed by atoms with Gasteiger partial charge >= 0.3 is 0 Å². The molecule has 0 radical (unpaired) electrons. The Morgan fingerprint density at radius 1 is 1.15 bits per heavy atom. The summed E-state index contributed by atoms with van der Waals surface area (Å²) in [7, 11) is 1.65. The van der Waals surface area contributed by atoms with Gasteiger partial charge in [0, 0.05) is 37.4 Å². The van der Waals surface area contributed by atoms with Gasteiger partial charge in [0.25, 0.3) is 0 Å². The molecule has 114 valence electrons. The van der Waals surface area contributed by atoms with Gasteiger partial charge in [0.2, 0.25) is 0 Å². The van der Waals surface area contributed by atoms with Gasteiger partial charge < -0.3 is 19.7 Å². The Kier molecular flexibility index (Phi) is 8.11. The van der Waals surface area contributed by atoms with Crippen molar-refractivity contribution in [3.8, 4) is 0 Å². The molecule has 0 fully saturated rings. The first-order valence-electron chi connectivity index (χ1n) is 6.73. The highest BCUT2D eigenvalue weighted by Gasteiger charge is 2.30. The molecule has 1 aromatic rings. The van der Waals surface area contributed by atoms with Crippen molar-refractivity contribution in [1.82, 2.24) is 0 Å². The summed E-state index contributed by atoms with van der Waals surface area (Å²) in [6.45, 7) is 1.45. The van der Waals surface area contributed by atoms with Crippen LogP contribution >= 0.6 is 11.6 Å². The van der Waals surface area contributed by atoms with Gasteiger partial charge in [-0.3, -0.25) is 0 Å². The Hall–Kier alpha value is -0.650. The zero-order chi connectivity index (χ0) is 14.8. The molecule has 1 aromatic carbocycles. The fourth-order valence-corrected chi connectivity index (χ4v) is 2.22. The molecule has 1 rings (SSSR count). The Bertz CT molecular complexity index is 380. The van der Waals surface area contributed by atoms with Crippen LogP contribution in [-0.4, -0.2) is 50.4 Å². The number of halogens is 1. The molecule has 20 heavy (non-hydrogen) atoms. The van der Waals surface area contributed by atoms with E-state index in [1.807, 2.05) is 12.1 Å². The van der Waals surface area contributed by atoms with Crippen LogP contribution in [0.25, 0.3) is 0 Å². The predicted octanol–water partition coefficient (Wildman–Crippen LogP) is 2.01. The maximum Gasteiger partial charge on any atom is 0.0550 e. The van der Waals surface area contributed by atoms with Crippen molar-refractivity contribution < 1.29 is 19.7 Å². The lowest BCUT2D eigenvalue weighted by molar-refractivity contribution is 0.0547. The highest BCUT2D eigenvalue weighted by Crippen LogP contribution is 2.29. The standard InChI is InChI=1S/C15H23ClO4/c1-19-7-3-8-20-9-6-15(11-17,12-18)13-4-2-5-14(16)10-13/h2,4-5,10,17-18H,3,6-9,11-12H2,1H3. The van der Waals surface area contributed by atoms with E-state index in [4.69, 9.17) is 21.1 Å². The van der Waals surface area contributed by atoms with Gasteiger partial charge in [-0.05, 0) is 30.5 Å². The van der Waals surface area contributed by atoms with Gasteiger partial charge in [-0.25, -0.2) is 0 Å². The van der Waals surface area contributed by atoms with Crippen molar-refractivity contribution in [3.05, 3.63) is 34.9 Å². The summed E-state index contributed by atoms with van der Waals surface area (Å²) >= 11 is 5.97. The topological polar surface area (TPSA) is 58.9 Å². The van der Waals surface area contributed by atoms with Crippen LogP contribution in [0, 0.1) is 0 Å². The van der Waals surface area contributed by atoms with E-state index in [-0.39, 0.29) is 13.2 Å². The average molecular weight is 303 g/mol. The average Bonchev–Trinajstić information content (AvgIpc) is 2.47. The minimum absolute atomic E-state index is 0.148. The minimum Gasteiger partial charge on any atom is -0.395 e. The number of methoxy groups -OCH3 is 1. The maximum atomic E-state index is 9.68. The fourth-order valence-electron chi connectivity index (χ4n) is 2.03. The number of aliphatic hydroxyl groups is 2. The van der Waals surface area contributed by atoms with Gasteiger partial charge in [-0.1, -0.05) is 23.7 Å². The monoisotopic (exact) mass is 302 g/mol. The number of rotatable bonds is 10. The minimum atomic E-state index is -0.716. The maximum absolute atomic E-state index is 9.68. The molecule has 0 aliphatic heterocycles. The van der Waals surface area contributed by atoms with Crippen LogP contribution < -0.4 is 0 Å². The zero-order valence-electron chi connectivity index (χ0n) is 11.8. The first-order chi connectivity index (χ1) is 9.68. The third-order valence-electron chi connectivity index (χ3n) is 3.40. The van der Waals surface area contributed by atoms with Crippen molar-refractivity contribution in [1.29, 1.82) is 0 Å². The molecule has 4 nitrogen and oxygen atoms in total. The van der Waals surface area contributed by atoms with E-state index in [2.05, 4.69) is 0 Å². The summed E-state index contributed by atoms with van der Waals surface area (Å²) in [5.41, 5.74) is 0.113. The first kappa shape index (κ1) is 17.4. The van der Waals surface area contributed by atoms with E-state index in [1.54, 1.807) is 19.2 Å². The zero-order valence-corrected chi connectivity index (χ0v) is 12.6. The second-order valence-corrected chi connectivity index (χ2v) is 5.25.